The van der Waals surface area contributed by atoms with Crippen LogP contribution >= 0.6 is 15.9 Å². The van der Waals surface area contributed by atoms with E-state index in [4.69, 9.17) is 5.26 Å². The Hall–Kier alpha value is -1.71. The molecule has 0 aliphatic carbocycles. The lowest BCUT2D eigenvalue weighted by Crippen LogP contribution is -2.25. The first kappa shape index (κ1) is 15.7. The number of halogens is 1. The van der Waals surface area contributed by atoms with Crippen LogP contribution in [0.4, 0.5) is 0 Å². The summed E-state index contributed by atoms with van der Waals surface area (Å²) < 4.78 is 2.93. The number of aromatic nitrogens is 3. The zero-order valence-electron chi connectivity index (χ0n) is 12.3. The van der Waals surface area contributed by atoms with E-state index in [1.165, 1.54) is 0 Å². The molecule has 2 aromatic heterocycles. The Morgan fingerprint density at radius 2 is 2.24 bits per heavy atom. The number of hydrogen-bond acceptors (Lipinski definition) is 4. The predicted molar refractivity (Wildman–Crippen MR) is 84.2 cm³/mol. The maximum Gasteiger partial charge on any atom is 0.0739 e. The van der Waals surface area contributed by atoms with E-state index in [0.717, 1.165) is 41.1 Å². The monoisotopic (exact) mass is 347 g/mol. The van der Waals surface area contributed by atoms with Gasteiger partial charge in [-0.1, -0.05) is 6.07 Å². The molecule has 5 nitrogen and oxygen atoms in total. The van der Waals surface area contributed by atoms with Gasteiger partial charge in [-0.25, -0.2) is 0 Å². The molecule has 0 aliphatic rings. The highest BCUT2D eigenvalue weighted by atomic mass is 79.9. The summed E-state index contributed by atoms with van der Waals surface area (Å²) >= 11 is 3.60. The topological polar surface area (TPSA) is 57.7 Å². The largest absolute Gasteiger partial charge is 0.292 e. The van der Waals surface area contributed by atoms with Gasteiger partial charge in [0, 0.05) is 45.5 Å². The summed E-state index contributed by atoms with van der Waals surface area (Å²) in [6.07, 6.45) is 4.14. The van der Waals surface area contributed by atoms with Crippen molar-refractivity contribution < 1.29 is 0 Å². The number of rotatable bonds is 6. The fourth-order valence-electron chi connectivity index (χ4n) is 2.24. The van der Waals surface area contributed by atoms with Crippen LogP contribution in [0, 0.1) is 18.3 Å². The Balaban J connectivity index is 2.14. The van der Waals surface area contributed by atoms with Crippen molar-refractivity contribution in [1.29, 1.82) is 5.26 Å². The zero-order chi connectivity index (χ0) is 15.2. The molecule has 110 valence electrons. The molecule has 0 amide bonds. The number of aryl methyl sites for hydroxylation is 2. The lowest BCUT2D eigenvalue weighted by Gasteiger charge is -2.21. The fraction of sp³-hybridized carbons (Fsp3) is 0.400. The Kier molecular flexibility index (Phi) is 5.48. The van der Waals surface area contributed by atoms with Gasteiger partial charge in [0.1, 0.15) is 0 Å². The van der Waals surface area contributed by atoms with E-state index in [-0.39, 0.29) is 0 Å². The Morgan fingerprint density at radius 3 is 2.81 bits per heavy atom. The van der Waals surface area contributed by atoms with Crippen LogP contribution in [0.2, 0.25) is 0 Å². The van der Waals surface area contributed by atoms with E-state index in [9.17, 15) is 0 Å². The van der Waals surface area contributed by atoms with Crippen LogP contribution in [0.5, 0.6) is 0 Å². The van der Waals surface area contributed by atoms with Crippen molar-refractivity contribution >= 4 is 15.9 Å². The van der Waals surface area contributed by atoms with E-state index >= 15 is 0 Å². The minimum Gasteiger partial charge on any atom is -0.292 e. The third-order valence-corrected chi connectivity index (χ3v) is 4.34. The fourth-order valence-corrected chi connectivity index (χ4v) is 2.70. The first-order valence-electron chi connectivity index (χ1n) is 6.78. The van der Waals surface area contributed by atoms with Crippen molar-refractivity contribution in [2.45, 2.75) is 26.4 Å². The molecule has 2 aromatic rings. The van der Waals surface area contributed by atoms with Crippen molar-refractivity contribution in [3.8, 4) is 6.07 Å². The van der Waals surface area contributed by atoms with Gasteiger partial charge in [0.25, 0.3) is 0 Å². The molecular formula is C15H18BrN5. The first-order valence-corrected chi connectivity index (χ1v) is 7.57. The lowest BCUT2D eigenvalue weighted by atomic mass is 10.2. The van der Waals surface area contributed by atoms with Crippen LogP contribution < -0.4 is 0 Å². The smallest absolute Gasteiger partial charge is 0.0739 e. The number of nitriles is 1. The average Bonchev–Trinajstić information content (AvgIpc) is 2.72. The SMILES string of the molecule is Cc1nn(C)c(CN(CCC#N)Cc2cccnc2)c1Br. The summed E-state index contributed by atoms with van der Waals surface area (Å²) in [6.45, 7) is 4.22. The molecule has 0 unspecified atom stereocenters. The normalized spacial score (nSPS) is 10.8. The molecule has 0 bridgehead atoms. The minimum absolute atomic E-state index is 0.509. The van der Waals surface area contributed by atoms with Crippen molar-refractivity contribution in [2.75, 3.05) is 6.54 Å². The predicted octanol–water partition coefficient (Wildman–Crippen LogP) is 2.80. The summed E-state index contributed by atoms with van der Waals surface area (Å²) in [7, 11) is 1.94. The molecule has 0 saturated heterocycles. The number of hydrogen-bond donors (Lipinski definition) is 0. The molecule has 0 N–H and O–H groups in total. The summed E-state index contributed by atoms with van der Waals surface area (Å²) in [5.41, 5.74) is 3.24. The summed E-state index contributed by atoms with van der Waals surface area (Å²) in [4.78, 5) is 6.38. The van der Waals surface area contributed by atoms with Gasteiger partial charge in [-0.2, -0.15) is 10.4 Å². The van der Waals surface area contributed by atoms with Crippen LogP contribution in [0.25, 0.3) is 0 Å². The van der Waals surface area contributed by atoms with E-state index in [1.54, 1.807) is 6.20 Å². The summed E-state index contributed by atoms with van der Waals surface area (Å²) in [5, 5.41) is 13.3. The van der Waals surface area contributed by atoms with Crippen molar-refractivity contribution in [1.82, 2.24) is 19.7 Å². The molecule has 2 rings (SSSR count). The van der Waals surface area contributed by atoms with Crippen molar-refractivity contribution in [3.05, 3.63) is 46.0 Å². The molecule has 0 aromatic carbocycles. The Bertz CT molecular complexity index is 630. The molecule has 0 radical (unpaired) electrons. The second kappa shape index (κ2) is 7.34. The Labute approximate surface area is 133 Å². The van der Waals surface area contributed by atoms with Gasteiger partial charge in [-0.3, -0.25) is 14.6 Å². The van der Waals surface area contributed by atoms with Gasteiger partial charge in [-0.05, 0) is 34.5 Å². The molecule has 0 aliphatic heterocycles. The van der Waals surface area contributed by atoms with Gasteiger partial charge >= 0.3 is 0 Å². The second-order valence-electron chi connectivity index (χ2n) is 4.95. The zero-order valence-corrected chi connectivity index (χ0v) is 13.8. The molecule has 0 saturated carbocycles. The first-order chi connectivity index (χ1) is 10.1. The van der Waals surface area contributed by atoms with Gasteiger partial charge in [0.2, 0.25) is 0 Å². The Morgan fingerprint density at radius 1 is 1.43 bits per heavy atom. The van der Waals surface area contributed by atoms with E-state index < -0.39 is 0 Å². The van der Waals surface area contributed by atoms with Crippen LogP contribution in [0.1, 0.15) is 23.4 Å². The standard InChI is InChI=1S/C15H18BrN5/c1-12-15(16)14(20(2)19-12)11-21(8-4-6-17)10-13-5-3-7-18-9-13/h3,5,7,9H,4,8,10-11H2,1-2H3. The maximum atomic E-state index is 8.84. The van der Waals surface area contributed by atoms with Crippen LogP contribution in [0.3, 0.4) is 0 Å². The van der Waals surface area contributed by atoms with Crippen LogP contribution in [-0.4, -0.2) is 26.2 Å². The van der Waals surface area contributed by atoms with Gasteiger partial charge in [-0.15, -0.1) is 0 Å². The van der Waals surface area contributed by atoms with Crippen molar-refractivity contribution in [3.63, 3.8) is 0 Å². The lowest BCUT2D eigenvalue weighted by molar-refractivity contribution is 0.255. The third kappa shape index (κ3) is 4.13. The van der Waals surface area contributed by atoms with Crippen molar-refractivity contribution in [2.24, 2.45) is 7.05 Å². The summed E-state index contributed by atoms with van der Waals surface area (Å²) in [6, 6.07) is 6.20. The molecule has 6 heteroatoms. The maximum absolute atomic E-state index is 8.84. The van der Waals surface area contributed by atoms with Gasteiger partial charge in [0.05, 0.1) is 21.9 Å². The minimum atomic E-state index is 0.509. The highest BCUT2D eigenvalue weighted by Gasteiger charge is 2.15. The molecular weight excluding hydrogens is 330 g/mol. The van der Waals surface area contributed by atoms with Gasteiger partial charge in [0.15, 0.2) is 0 Å². The number of pyridine rings is 1. The van der Waals surface area contributed by atoms with Crippen LogP contribution in [0.15, 0.2) is 29.0 Å². The summed E-state index contributed by atoms with van der Waals surface area (Å²) in [5.74, 6) is 0. The molecule has 0 atom stereocenters. The molecule has 0 spiro atoms. The number of nitrogens with zero attached hydrogens (tertiary/aromatic N) is 5. The third-order valence-electron chi connectivity index (χ3n) is 3.30. The molecule has 2 heterocycles. The van der Waals surface area contributed by atoms with Gasteiger partial charge < -0.3 is 0 Å². The molecule has 0 fully saturated rings. The van der Waals surface area contributed by atoms with Crippen LogP contribution in [-0.2, 0) is 20.1 Å². The van der Waals surface area contributed by atoms with E-state index in [2.05, 4.69) is 43.0 Å². The quantitative estimate of drug-likeness (QED) is 0.806. The highest BCUT2D eigenvalue weighted by molar-refractivity contribution is 9.10. The highest BCUT2D eigenvalue weighted by Crippen LogP contribution is 2.22. The second-order valence-corrected chi connectivity index (χ2v) is 5.74. The average molecular weight is 348 g/mol. The molecule has 21 heavy (non-hydrogen) atoms. The van der Waals surface area contributed by atoms with E-state index in [0.29, 0.717) is 6.42 Å². The van der Waals surface area contributed by atoms with E-state index in [1.807, 2.05) is 30.9 Å².